The molecule has 0 radical (unpaired) electrons. The van der Waals surface area contributed by atoms with Crippen molar-refractivity contribution < 1.29 is 23.7 Å². The highest BCUT2D eigenvalue weighted by Gasteiger charge is 2.23. The maximum atomic E-state index is 13.4. The Morgan fingerprint density at radius 1 is 0.806 bits per heavy atom. The van der Waals surface area contributed by atoms with Crippen LogP contribution in [-0.2, 0) is 0 Å². The van der Waals surface area contributed by atoms with Crippen molar-refractivity contribution in [3.05, 3.63) is 60.2 Å². The van der Waals surface area contributed by atoms with Crippen molar-refractivity contribution in [2.24, 2.45) is 0 Å². The van der Waals surface area contributed by atoms with E-state index in [1.165, 1.54) is 33.1 Å². The number of nitrogens with zero attached hydrogens (tertiary/aromatic N) is 3. The zero-order valence-electron chi connectivity index (χ0n) is 17.6. The van der Waals surface area contributed by atoms with Crippen LogP contribution >= 0.6 is 0 Å². The number of hydrogen-bond acceptors (Lipinski definition) is 7. The lowest BCUT2D eigenvalue weighted by Crippen LogP contribution is -2.15. The van der Waals surface area contributed by atoms with Gasteiger partial charge in [0.2, 0.25) is 5.75 Å². The molecule has 0 aliphatic rings. The maximum Gasteiger partial charge on any atom is 0.336 e. The van der Waals surface area contributed by atoms with Gasteiger partial charge in [0.15, 0.2) is 17.3 Å². The first kappa shape index (κ1) is 20.2. The number of carbonyl (C=O) groups excluding carboxylic acids is 1. The van der Waals surface area contributed by atoms with Gasteiger partial charge in [-0.25, -0.2) is 0 Å². The van der Waals surface area contributed by atoms with Crippen molar-refractivity contribution in [1.29, 1.82) is 0 Å². The topological polar surface area (TPSA) is 84.7 Å². The highest BCUT2D eigenvalue weighted by Crippen LogP contribution is 2.41. The van der Waals surface area contributed by atoms with Crippen LogP contribution < -0.4 is 18.9 Å². The van der Waals surface area contributed by atoms with Crippen LogP contribution in [0.4, 0.5) is 0 Å². The molecule has 0 unspecified atom stereocenters. The molecule has 0 aliphatic heterocycles. The van der Waals surface area contributed by atoms with E-state index >= 15 is 0 Å². The number of carbonyl (C=O) groups is 1. The van der Waals surface area contributed by atoms with Gasteiger partial charge in [0.25, 0.3) is 5.91 Å². The highest BCUT2D eigenvalue weighted by atomic mass is 16.5. The quantitative estimate of drug-likeness (QED) is 0.470. The van der Waals surface area contributed by atoms with Crippen LogP contribution in [0.25, 0.3) is 22.2 Å². The predicted octanol–water partition coefficient (Wildman–Crippen LogP) is 3.82. The Bertz CT molecular complexity index is 1240. The lowest BCUT2D eigenvalue weighted by Gasteiger charge is -2.14. The van der Waals surface area contributed by atoms with Gasteiger partial charge in [0, 0.05) is 11.1 Å². The van der Waals surface area contributed by atoms with Crippen molar-refractivity contribution in [2.45, 2.75) is 0 Å². The minimum Gasteiger partial charge on any atom is -0.493 e. The Hall–Kier alpha value is -4.07. The lowest BCUT2D eigenvalue weighted by atomic mass is 10.1. The molecule has 0 fully saturated rings. The van der Waals surface area contributed by atoms with Crippen LogP contribution in [0, 0.1) is 0 Å². The van der Waals surface area contributed by atoms with E-state index in [1.54, 1.807) is 18.2 Å². The Labute approximate surface area is 178 Å². The standard InChI is InChI=1S/C23H21N3O5/c1-28-18-12-17(13-19(29-2)20(18)30-3)21-24-23(31-4)25-26(21)22(27)16-10-9-14-7-5-6-8-15(14)11-16/h5-13H,1-4H3. The summed E-state index contributed by atoms with van der Waals surface area (Å²) in [5, 5.41) is 6.23. The van der Waals surface area contributed by atoms with E-state index in [0.717, 1.165) is 10.8 Å². The van der Waals surface area contributed by atoms with Crippen molar-refractivity contribution >= 4 is 16.7 Å². The Balaban J connectivity index is 1.85. The molecule has 1 aromatic heterocycles. The second-order valence-corrected chi connectivity index (χ2v) is 6.62. The van der Waals surface area contributed by atoms with Crippen LogP contribution in [0.1, 0.15) is 10.4 Å². The van der Waals surface area contributed by atoms with Gasteiger partial charge in [0.1, 0.15) is 0 Å². The van der Waals surface area contributed by atoms with Crippen molar-refractivity contribution in [3.63, 3.8) is 0 Å². The largest absolute Gasteiger partial charge is 0.493 e. The molecule has 0 atom stereocenters. The highest BCUT2D eigenvalue weighted by molar-refractivity contribution is 6.01. The van der Waals surface area contributed by atoms with Gasteiger partial charge in [-0.1, -0.05) is 30.3 Å². The minimum atomic E-state index is -0.342. The van der Waals surface area contributed by atoms with Gasteiger partial charge in [0.05, 0.1) is 28.4 Å². The SMILES string of the molecule is COc1nc(-c2cc(OC)c(OC)c(OC)c2)n(C(=O)c2ccc3ccccc3c2)n1. The third-order valence-electron chi connectivity index (χ3n) is 4.88. The normalized spacial score (nSPS) is 10.7. The second kappa shape index (κ2) is 8.35. The summed E-state index contributed by atoms with van der Waals surface area (Å²) < 4.78 is 22.6. The molecule has 0 bridgehead atoms. The molecule has 1 heterocycles. The molecule has 3 aromatic carbocycles. The zero-order chi connectivity index (χ0) is 22.0. The average Bonchev–Trinajstić information content (AvgIpc) is 3.26. The van der Waals surface area contributed by atoms with E-state index in [4.69, 9.17) is 18.9 Å². The first-order chi connectivity index (χ1) is 15.1. The predicted molar refractivity (Wildman–Crippen MR) is 115 cm³/mol. The average molecular weight is 419 g/mol. The molecule has 4 aromatic rings. The monoisotopic (exact) mass is 419 g/mol. The van der Waals surface area contributed by atoms with E-state index in [0.29, 0.717) is 28.4 Å². The number of methoxy groups -OCH3 is 4. The summed E-state index contributed by atoms with van der Waals surface area (Å²) in [5.74, 6) is 1.25. The Kier molecular flexibility index (Phi) is 5.44. The van der Waals surface area contributed by atoms with E-state index in [9.17, 15) is 4.79 Å². The summed E-state index contributed by atoms with van der Waals surface area (Å²) in [6.45, 7) is 0. The molecule has 0 saturated heterocycles. The smallest absolute Gasteiger partial charge is 0.336 e. The van der Waals surface area contributed by atoms with Gasteiger partial charge in [-0.05, 0) is 35.0 Å². The third-order valence-corrected chi connectivity index (χ3v) is 4.88. The van der Waals surface area contributed by atoms with Gasteiger partial charge in [-0.2, -0.15) is 9.67 Å². The molecule has 0 spiro atoms. The molecular formula is C23H21N3O5. The third kappa shape index (κ3) is 3.63. The zero-order valence-corrected chi connectivity index (χ0v) is 17.6. The Morgan fingerprint density at radius 2 is 1.48 bits per heavy atom. The van der Waals surface area contributed by atoms with E-state index in [1.807, 2.05) is 36.4 Å². The summed E-state index contributed by atoms with van der Waals surface area (Å²) in [6, 6.07) is 16.8. The van der Waals surface area contributed by atoms with Gasteiger partial charge in [-0.15, -0.1) is 5.10 Å². The molecule has 8 heteroatoms. The molecular weight excluding hydrogens is 398 g/mol. The maximum absolute atomic E-state index is 13.4. The Morgan fingerprint density at radius 3 is 2.10 bits per heavy atom. The summed E-state index contributed by atoms with van der Waals surface area (Å²) in [4.78, 5) is 17.7. The lowest BCUT2D eigenvalue weighted by molar-refractivity contribution is 0.0945. The minimum absolute atomic E-state index is 0.0675. The first-order valence-electron chi connectivity index (χ1n) is 9.44. The molecule has 0 amide bonds. The summed E-state index contributed by atoms with van der Waals surface area (Å²) in [7, 11) is 6.01. The van der Waals surface area contributed by atoms with Crippen LogP contribution in [0.3, 0.4) is 0 Å². The fourth-order valence-electron chi connectivity index (χ4n) is 3.36. The number of benzene rings is 3. The van der Waals surface area contributed by atoms with Crippen LogP contribution in [0.2, 0.25) is 0 Å². The fraction of sp³-hybridized carbons (Fsp3) is 0.174. The number of rotatable bonds is 6. The van der Waals surface area contributed by atoms with Crippen LogP contribution in [0.5, 0.6) is 23.3 Å². The fourth-order valence-corrected chi connectivity index (χ4v) is 3.36. The van der Waals surface area contributed by atoms with Gasteiger partial charge >= 0.3 is 6.01 Å². The van der Waals surface area contributed by atoms with E-state index in [2.05, 4.69) is 10.1 Å². The molecule has 4 rings (SSSR count). The molecule has 158 valence electrons. The molecule has 0 aliphatic carbocycles. The van der Waals surface area contributed by atoms with Crippen molar-refractivity contribution in [1.82, 2.24) is 14.8 Å². The van der Waals surface area contributed by atoms with Crippen LogP contribution in [-0.4, -0.2) is 49.1 Å². The van der Waals surface area contributed by atoms with Gasteiger partial charge < -0.3 is 18.9 Å². The molecule has 31 heavy (non-hydrogen) atoms. The summed E-state index contributed by atoms with van der Waals surface area (Å²) >= 11 is 0. The second-order valence-electron chi connectivity index (χ2n) is 6.62. The van der Waals surface area contributed by atoms with Crippen molar-refractivity contribution in [2.75, 3.05) is 28.4 Å². The summed E-state index contributed by atoms with van der Waals surface area (Å²) in [6.07, 6.45) is 0. The van der Waals surface area contributed by atoms with Gasteiger partial charge in [-0.3, -0.25) is 4.79 Å². The van der Waals surface area contributed by atoms with Crippen molar-refractivity contribution in [3.8, 4) is 34.6 Å². The van der Waals surface area contributed by atoms with Crippen LogP contribution in [0.15, 0.2) is 54.6 Å². The van der Waals surface area contributed by atoms with E-state index < -0.39 is 0 Å². The molecule has 8 nitrogen and oxygen atoms in total. The molecule has 0 saturated carbocycles. The van der Waals surface area contributed by atoms with E-state index in [-0.39, 0.29) is 17.7 Å². The number of ether oxygens (including phenoxy) is 4. The first-order valence-corrected chi connectivity index (χ1v) is 9.44. The number of aromatic nitrogens is 3. The number of fused-ring (bicyclic) bond motifs is 1. The summed E-state index contributed by atoms with van der Waals surface area (Å²) in [5.41, 5.74) is 1.03. The number of hydrogen-bond donors (Lipinski definition) is 0. The molecule has 0 N–H and O–H groups in total.